The first-order chi connectivity index (χ1) is 7.06. The van der Waals surface area contributed by atoms with Gasteiger partial charge in [-0.25, -0.2) is 13.1 Å². The summed E-state index contributed by atoms with van der Waals surface area (Å²) in [4.78, 5) is 0. The first-order valence-corrected chi connectivity index (χ1v) is 6.56. The summed E-state index contributed by atoms with van der Waals surface area (Å²) in [6, 6.07) is 0. The molecule has 0 radical (unpaired) electrons. The van der Waals surface area contributed by atoms with E-state index < -0.39 is 10.0 Å². The van der Waals surface area contributed by atoms with E-state index in [2.05, 4.69) is 9.88 Å². The van der Waals surface area contributed by atoms with E-state index in [1.165, 1.54) is 0 Å². The SMILES string of the molecule is NC(CCCCNS(=O)(=O)C1CC1)=NO. The number of oxime groups is 1. The third kappa shape index (κ3) is 4.48. The summed E-state index contributed by atoms with van der Waals surface area (Å²) in [7, 11) is -3.05. The Morgan fingerprint density at radius 2 is 2.13 bits per heavy atom. The Morgan fingerprint density at radius 1 is 1.47 bits per heavy atom. The van der Waals surface area contributed by atoms with Crippen LogP contribution in [-0.2, 0) is 10.0 Å². The average Bonchev–Trinajstić information content (AvgIpc) is 3.00. The second kappa shape index (κ2) is 5.32. The van der Waals surface area contributed by atoms with Crippen molar-refractivity contribution in [2.24, 2.45) is 10.9 Å². The van der Waals surface area contributed by atoms with Crippen LogP contribution in [0.5, 0.6) is 0 Å². The molecule has 1 saturated carbocycles. The number of nitrogens with two attached hydrogens (primary N) is 1. The lowest BCUT2D eigenvalue weighted by Crippen LogP contribution is -2.28. The van der Waals surface area contributed by atoms with Crippen LogP contribution in [0.15, 0.2) is 5.16 Å². The maximum absolute atomic E-state index is 11.3. The Morgan fingerprint density at radius 3 is 2.67 bits per heavy atom. The Balaban J connectivity index is 2.06. The number of hydrogen-bond donors (Lipinski definition) is 3. The Labute approximate surface area is 89.6 Å². The van der Waals surface area contributed by atoms with E-state index in [1.807, 2.05) is 0 Å². The molecule has 1 aliphatic rings. The maximum atomic E-state index is 11.3. The highest BCUT2D eigenvalue weighted by Gasteiger charge is 2.34. The highest BCUT2D eigenvalue weighted by molar-refractivity contribution is 7.90. The van der Waals surface area contributed by atoms with Gasteiger partial charge in [0.15, 0.2) is 0 Å². The van der Waals surface area contributed by atoms with Crippen molar-refractivity contribution in [2.75, 3.05) is 6.54 Å². The molecule has 7 heteroatoms. The van der Waals surface area contributed by atoms with Crippen LogP contribution in [0.4, 0.5) is 0 Å². The predicted molar refractivity (Wildman–Crippen MR) is 57.2 cm³/mol. The van der Waals surface area contributed by atoms with Crippen LogP contribution in [0, 0.1) is 0 Å². The zero-order valence-corrected chi connectivity index (χ0v) is 9.33. The van der Waals surface area contributed by atoms with Gasteiger partial charge in [0.2, 0.25) is 10.0 Å². The fourth-order valence-electron chi connectivity index (χ4n) is 1.19. The lowest BCUT2D eigenvalue weighted by atomic mass is 10.2. The number of sulfonamides is 1. The van der Waals surface area contributed by atoms with Crippen molar-refractivity contribution in [2.45, 2.75) is 37.4 Å². The van der Waals surface area contributed by atoms with Crippen molar-refractivity contribution in [3.8, 4) is 0 Å². The van der Waals surface area contributed by atoms with Crippen molar-refractivity contribution < 1.29 is 13.6 Å². The van der Waals surface area contributed by atoms with E-state index in [0.717, 1.165) is 12.8 Å². The quantitative estimate of drug-likeness (QED) is 0.190. The zero-order valence-electron chi connectivity index (χ0n) is 8.52. The van der Waals surface area contributed by atoms with E-state index in [-0.39, 0.29) is 11.1 Å². The van der Waals surface area contributed by atoms with Gasteiger partial charge >= 0.3 is 0 Å². The second-order valence-corrected chi connectivity index (χ2v) is 5.73. The minimum absolute atomic E-state index is 0.165. The van der Waals surface area contributed by atoms with E-state index in [9.17, 15) is 8.42 Å². The number of unbranched alkanes of at least 4 members (excludes halogenated alkanes) is 1. The summed E-state index contributed by atoms with van der Waals surface area (Å²) >= 11 is 0. The standard InChI is InChI=1S/C8H17N3O3S/c9-8(11-12)3-1-2-6-10-15(13,14)7-4-5-7/h7,10,12H,1-6H2,(H2,9,11). The molecule has 0 aliphatic heterocycles. The van der Waals surface area contributed by atoms with E-state index >= 15 is 0 Å². The molecule has 0 saturated heterocycles. The van der Waals surface area contributed by atoms with E-state index in [4.69, 9.17) is 10.9 Å². The Kier molecular flexibility index (Phi) is 4.34. The van der Waals surface area contributed by atoms with Crippen molar-refractivity contribution in [3.05, 3.63) is 0 Å². The van der Waals surface area contributed by atoms with Gasteiger partial charge in [0.1, 0.15) is 5.84 Å². The van der Waals surface area contributed by atoms with Crippen LogP contribution in [0.25, 0.3) is 0 Å². The van der Waals surface area contributed by atoms with Gasteiger partial charge < -0.3 is 10.9 Å². The van der Waals surface area contributed by atoms with Crippen LogP contribution in [-0.4, -0.2) is 31.3 Å². The molecule has 6 nitrogen and oxygen atoms in total. The molecule has 0 aromatic carbocycles. The van der Waals surface area contributed by atoms with Gasteiger partial charge in [-0.15, -0.1) is 0 Å². The molecule has 0 spiro atoms. The highest BCUT2D eigenvalue weighted by atomic mass is 32.2. The average molecular weight is 235 g/mol. The summed E-state index contributed by atoms with van der Waals surface area (Å²) in [5.41, 5.74) is 5.26. The zero-order chi connectivity index (χ0) is 11.3. The first kappa shape index (κ1) is 12.3. The van der Waals surface area contributed by atoms with Crippen LogP contribution in [0.1, 0.15) is 32.1 Å². The van der Waals surface area contributed by atoms with Gasteiger partial charge in [0, 0.05) is 13.0 Å². The van der Waals surface area contributed by atoms with Gasteiger partial charge in [0.25, 0.3) is 0 Å². The fraction of sp³-hybridized carbons (Fsp3) is 0.875. The molecule has 0 aromatic rings. The molecule has 4 N–H and O–H groups in total. The third-order valence-electron chi connectivity index (χ3n) is 2.25. The van der Waals surface area contributed by atoms with Gasteiger partial charge in [-0.1, -0.05) is 5.16 Å². The van der Waals surface area contributed by atoms with Gasteiger partial charge in [-0.2, -0.15) is 0 Å². The maximum Gasteiger partial charge on any atom is 0.214 e. The molecular formula is C8H17N3O3S. The van der Waals surface area contributed by atoms with Crippen LogP contribution >= 0.6 is 0 Å². The first-order valence-electron chi connectivity index (χ1n) is 5.01. The number of nitrogens with one attached hydrogen (secondary N) is 1. The normalized spacial score (nSPS) is 18.0. The molecule has 0 amide bonds. The van der Waals surface area contributed by atoms with Crippen molar-refractivity contribution >= 4 is 15.9 Å². The number of nitrogens with zero attached hydrogens (tertiary/aromatic N) is 1. The lowest BCUT2D eigenvalue weighted by molar-refractivity contribution is 0.316. The van der Waals surface area contributed by atoms with Gasteiger partial charge in [-0.3, -0.25) is 0 Å². The molecule has 1 aliphatic carbocycles. The topological polar surface area (TPSA) is 105 Å². The molecule has 0 unspecified atom stereocenters. The Bertz CT molecular complexity index is 322. The van der Waals surface area contributed by atoms with E-state index in [1.54, 1.807) is 0 Å². The fourth-order valence-corrected chi connectivity index (χ4v) is 2.61. The molecule has 88 valence electrons. The molecular weight excluding hydrogens is 218 g/mol. The smallest absolute Gasteiger partial charge is 0.214 e. The molecule has 0 aromatic heterocycles. The van der Waals surface area contributed by atoms with Crippen molar-refractivity contribution in [1.82, 2.24) is 4.72 Å². The lowest BCUT2D eigenvalue weighted by Gasteiger charge is -2.04. The summed E-state index contributed by atoms with van der Waals surface area (Å²) in [6.45, 7) is 0.428. The van der Waals surface area contributed by atoms with Gasteiger partial charge in [0.05, 0.1) is 5.25 Å². The minimum atomic E-state index is -3.05. The number of rotatable bonds is 7. The summed E-state index contributed by atoms with van der Waals surface area (Å²) in [5, 5.41) is 10.9. The van der Waals surface area contributed by atoms with Crippen molar-refractivity contribution in [3.63, 3.8) is 0 Å². The van der Waals surface area contributed by atoms with Crippen LogP contribution in [0.2, 0.25) is 0 Å². The second-order valence-electron chi connectivity index (χ2n) is 3.69. The molecule has 0 heterocycles. The Hall–Kier alpha value is -0.820. The summed E-state index contributed by atoms with van der Waals surface area (Å²) in [5.74, 6) is 0.181. The van der Waals surface area contributed by atoms with Crippen LogP contribution in [0.3, 0.4) is 0 Å². The number of hydrogen-bond acceptors (Lipinski definition) is 4. The van der Waals surface area contributed by atoms with E-state index in [0.29, 0.717) is 25.8 Å². The highest BCUT2D eigenvalue weighted by Crippen LogP contribution is 2.27. The number of amidine groups is 1. The summed E-state index contributed by atoms with van der Waals surface area (Å²) < 4.78 is 25.2. The summed E-state index contributed by atoms with van der Waals surface area (Å²) in [6.07, 6.45) is 3.45. The molecule has 0 atom stereocenters. The third-order valence-corrected chi connectivity index (χ3v) is 4.21. The molecule has 1 fully saturated rings. The largest absolute Gasteiger partial charge is 0.409 e. The van der Waals surface area contributed by atoms with Crippen LogP contribution < -0.4 is 10.5 Å². The van der Waals surface area contributed by atoms with Gasteiger partial charge in [-0.05, 0) is 25.7 Å². The monoisotopic (exact) mass is 235 g/mol. The predicted octanol–water partition coefficient (Wildman–Crippen LogP) is -0.0151. The molecule has 0 bridgehead atoms. The molecule has 1 rings (SSSR count). The minimum Gasteiger partial charge on any atom is -0.409 e. The van der Waals surface area contributed by atoms with Crippen molar-refractivity contribution in [1.29, 1.82) is 0 Å². The molecule has 15 heavy (non-hydrogen) atoms.